The van der Waals surface area contributed by atoms with Gasteiger partial charge in [-0.2, -0.15) is 0 Å². The molecule has 7 heteroatoms. The normalized spacial score (nSPS) is 15.8. The summed E-state index contributed by atoms with van der Waals surface area (Å²) < 4.78 is 10.7. The highest BCUT2D eigenvalue weighted by Gasteiger charge is 2.29. The first-order valence-electron chi connectivity index (χ1n) is 7.27. The molecular formula is C17H15ClN2O4. The second-order valence-corrected chi connectivity index (χ2v) is 5.60. The highest BCUT2D eigenvalue weighted by molar-refractivity contribution is 6.32. The van der Waals surface area contributed by atoms with Crippen LogP contribution in [0.5, 0.6) is 11.5 Å². The number of carbonyl (C=O) groups excluding carboxylic acids is 2. The molecule has 1 atom stereocenters. The molecule has 1 heterocycles. The average molecular weight is 347 g/mol. The van der Waals surface area contributed by atoms with E-state index in [0.29, 0.717) is 27.9 Å². The molecule has 124 valence electrons. The lowest BCUT2D eigenvalue weighted by atomic mass is 10.1. The van der Waals surface area contributed by atoms with E-state index < -0.39 is 6.10 Å². The molecule has 0 aromatic heterocycles. The van der Waals surface area contributed by atoms with Crippen molar-refractivity contribution in [1.29, 1.82) is 0 Å². The fourth-order valence-corrected chi connectivity index (χ4v) is 2.61. The van der Waals surface area contributed by atoms with Gasteiger partial charge in [0.1, 0.15) is 11.5 Å². The van der Waals surface area contributed by atoms with Crippen LogP contribution in [0.4, 0.5) is 11.4 Å². The van der Waals surface area contributed by atoms with Crippen molar-refractivity contribution in [2.45, 2.75) is 12.5 Å². The fraction of sp³-hybridized carbons (Fsp3) is 0.176. The second kappa shape index (κ2) is 6.80. The number of hydrogen-bond acceptors (Lipinski definition) is 4. The summed E-state index contributed by atoms with van der Waals surface area (Å²) in [5, 5.41) is 5.79. The molecule has 2 N–H and O–H groups in total. The van der Waals surface area contributed by atoms with Crippen molar-refractivity contribution in [2.75, 3.05) is 17.7 Å². The van der Waals surface area contributed by atoms with Crippen LogP contribution in [0.25, 0.3) is 0 Å². The number of ether oxygens (including phenoxy) is 2. The maximum atomic E-state index is 12.2. The van der Waals surface area contributed by atoms with Crippen molar-refractivity contribution in [3.8, 4) is 11.5 Å². The summed E-state index contributed by atoms with van der Waals surface area (Å²) >= 11 is 6.02. The van der Waals surface area contributed by atoms with Gasteiger partial charge in [-0.05, 0) is 30.3 Å². The summed E-state index contributed by atoms with van der Waals surface area (Å²) in [6.45, 7) is 0. The number of halogens is 1. The third kappa shape index (κ3) is 3.44. The molecule has 0 aliphatic carbocycles. The number of methoxy groups -OCH3 is 1. The van der Waals surface area contributed by atoms with Crippen LogP contribution in [0.1, 0.15) is 6.42 Å². The monoisotopic (exact) mass is 346 g/mol. The van der Waals surface area contributed by atoms with Crippen molar-refractivity contribution in [1.82, 2.24) is 0 Å². The number of amides is 2. The number of carbonyl (C=O) groups is 2. The van der Waals surface area contributed by atoms with Crippen LogP contribution < -0.4 is 20.1 Å². The van der Waals surface area contributed by atoms with Crippen LogP contribution >= 0.6 is 11.6 Å². The smallest absolute Gasteiger partial charge is 0.266 e. The third-order valence-electron chi connectivity index (χ3n) is 3.51. The summed E-state index contributed by atoms with van der Waals surface area (Å²) in [5.41, 5.74) is 1.11. The first kappa shape index (κ1) is 16.1. The van der Waals surface area contributed by atoms with E-state index in [2.05, 4.69) is 10.6 Å². The van der Waals surface area contributed by atoms with E-state index in [4.69, 9.17) is 21.1 Å². The van der Waals surface area contributed by atoms with Crippen molar-refractivity contribution >= 4 is 34.8 Å². The molecular weight excluding hydrogens is 332 g/mol. The molecule has 0 unspecified atom stereocenters. The Labute approximate surface area is 143 Å². The first-order chi connectivity index (χ1) is 11.6. The minimum Gasteiger partial charge on any atom is -0.495 e. The molecule has 0 radical (unpaired) electrons. The Morgan fingerprint density at radius 3 is 2.88 bits per heavy atom. The third-order valence-corrected chi connectivity index (χ3v) is 3.81. The van der Waals surface area contributed by atoms with Gasteiger partial charge >= 0.3 is 0 Å². The van der Waals surface area contributed by atoms with Crippen LogP contribution in [0, 0.1) is 0 Å². The van der Waals surface area contributed by atoms with Gasteiger partial charge in [0.25, 0.3) is 5.91 Å². The topological polar surface area (TPSA) is 76.7 Å². The number of para-hydroxylation sites is 2. The standard InChI is InChI=1S/C17H15ClN2O4/c1-23-13-7-6-10(8-11(13)18)19-16(21)9-15-17(22)20-12-4-2-3-5-14(12)24-15/h2-8,15H,9H2,1H3,(H,19,21)(H,20,22)/t15-/m0/s1. The summed E-state index contributed by atoms with van der Waals surface area (Å²) in [4.78, 5) is 24.2. The number of anilines is 2. The Kier molecular flexibility index (Phi) is 4.57. The molecule has 24 heavy (non-hydrogen) atoms. The summed E-state index contributed by atoms with van der Waals surface area (Å²) in [6.07, 6.45) is -0.988. The van der Waals surface area contributed by atoms with Crippen molar-refractivity contribution in [3.63, 3.8) is 0 Å². The van der Waals surface area contributed by atoms with Gasteiger partial charge in [-0.1, -0.05) is 23.7 Å². The van der Waals surface area contributed by atoms with E-state index in [1.807, 2.05) is 0 Å². The Balaban J connectivity index is 1.65. The van der Waals surface area contributed by atoms with Gasteiger partial charge in [-0.15, -0.1) is 0 Å². The number of benzene rings is 2. The van der Waals surface area contributed by atoms with Gasteiger partial charge in [-0.25, -0.2) is 0 Å². The van der Waals surface area contributed by atoms with Crippen LogP contribution in [0.15, 0.2) is 42.5 Å². The molecule has 1 aliphatic rings. The largest absolute Gasteiger partial charge is 0.495 e. The van der Waals surface area contributed by atoms with E-state index in [1.165, 1.54) is 7.11 Å². The van der Waals surface area contributed by atoms with Crippen LogP contribution in [-0.2, 0) is 9.59 Å². The molecule has 6 nitrogen and oxygen atoms in total. The van der Waals surface area contributed by atoms with Crippen molar-refractivity contribution in [2.24, 2.45) is 0 Å². The summed E-state index contributed by atoms with van der Waals surface area (Å²) in [5.74, 6) is 0.357. The Morgan fingerprint density at radius 1 is 1.33 bits per heavy atom. The molecule has 1 aliphatic heterocycles. The van der Waals surface area contributed by atoms with E-state index in [9.17, 15) is 9.59 Å². The predicted molar refractivity (Wildman–Crippen MR) is 90.7 cm³/mol. The molecule has 0 saturated carbocycles. The summed E-state index contributed by atoms with van der Waals surface area (Å²) in [6, 6.07) is 12.0. The van der Waals surface area contributed by atoms with Gasteiger partial charge in [0.05, 0.1) is 24.2 Å². The molecule has 0 bridgehead atoms. The van der Waals surface area contributed by atoms with E-state index in [-0.39, 0.29) is 18.2 Å². The average Bonchev–Trinajstić information content (AvgIpc) is 2.55. The molecule has 3 rings (SSSR count). The molecule has 0 saturated heterocycles. The fourth-order valence-electron chi connectivity index (χ4n) is 2.35. The Bertz CT molecular complexity index is 794. The zero-order chi connectivity index (χ0) is 17.1. The molecule has 2 aromatic rings. The Hall–Kier alpha value is -2.73. The van der Waals surface area contributed by atoms with Crippen LogP contribution in [-0.4, -0.2) is 25.0 Å². The number of fused-ring (bicyclic) bond motifs is 1. The minimum absolute atomic E-state index is 0.107. The minimum atomic E-state index is -0.881. The summed E-state index contributed by atoms with van der Waals surface area (Å²) in [7, 11) is 1.51. The second-order valence-electron chi connectivity index (χ2n) is 5.19. The molecule has 0 fully saturated rings. The zero-order valence-corrected chi connectivity index (χ0v) is 13.6. The maximum Gasteiger partial charge on any atom is 0.266 e. The SMILES string of the molecule is COc1ccc(NC(=O)C[C@@H]2Oc3ccccc3NC2=O)cc1Cl. The first-order valence-corrected chi connectivity index (χ1v) is 7.64. The zero-order valence-electron chi connectivity index (χ0n) is 12.8. The van der Waals surface area contributed by atoms with Crippen molar-refractivity contribution < 1.29 is 19.1 Å². The van der Waals surface area contributed by atoms with E-state index in [1.54, 1.807) is 42.5 Å². The van der Waals surface area contributed by atoms with Gasteiger partial charge in [-0.3, -0.25) is 9.59 Å². The van der Waals surface area contributed by atoms with Gasteiger partial charge in [0, 0.05) is 5.69 Å². The lowest BCUT2D eigenvalue weighted by Gasteiger charge is -2.25. The van der Waals surface area contributed by atoms with Gasteiger partial charge in [0.15, 0.2) is 6.10 Å². The van der Waals surface area contributed by atoms with E-state index >= 15 is 0 Å². The van der Waals surface area contributed by atoms with Crippen molar-refractivity contribution in [3.05, 3.63) is 47.5 Å². The van der Waals surface area contributed by atoms with E-state index in [0.717, 1.165) is 0 Å². The molecule has 2 amide bonds. The highest BCUT2D eigenvalue weighted by Crippen LogP contribution is 2.30. The van der Waals surface area contributed by atoms with Crippen LogP contribution in [0.3, 0.4) is 0 Å². The molecule has 2 aromatic carbocycles. The van der Waals surface area contributed by atoms with Gasteiger partial charge < -0.3 is 20.1 Å². The maximum absolute atomic E-state index is 12.2. The predicted octanol–water partition coefficient (Wildman–Crippen LogP) is 3.08. The highest BCUT2D eigenvalue weighted by atomic mass is 35.5. The lowest BCUT2D eigenvalue weighted by Crippen LogP contribution is -2.39. The van der Waals surface area contributed by atoms with Crippen LogP contribution in [0.2, 0.25) is 5.02 Å². The number of nitrogens with one attached hydrogen (secondary N) is 2. The number of hydrogen-bond donors (Lipinski definition) is 2. The molecule has 0 spiro atoms. The Morgan fingerprint density at radius 2 is 2.12 bits per heavy atom. The quantitative estimate of drug-likeness (QED) is 0.892. The number of rotatable bonds is 4. The van der Waals surface area contributed by atoms with Gasteiger partial charge in [0.2, 0.25) is 5.91 Å². The lowest BCUT2D eigenvalue weighted by molar-refractivity contribution is -0.128.